The fraction of sp³-hybridized carbons (Fsp3) is 0.391. The quantitative estimate of drug-likeness (QED) is 0.510. The number of allylic oxidation sites excluding steroid dienone is 3. The molecule has 0 aromatic heterocycles. The van der Waals surface area contributed by atoms with Gasteiger partial charge in [0.1, 0.15) is 5.75 Å². The van der Waals surface area contributed by atoms with Gasteiger partial charge in [-0.3, -0.25) is 0 Å². The van der Waals surface area contributed by atoms with Crippen molar-refractivity contribution < 1.29 is 13.5 Å². The molecule has 0 bridgehead atoms. The van der Waals surface area contributed by atoms with E-state index in [-0.39, 0.29) is 5.75 Å². The molecule has 0 atom stereocenters. The molecule has 1 aliphatic rings. The minimum Gasteiger partial charge on any atom is -0.434 e. The van der Waals surface area contributed by atoms with E-state index in [2.05, 4.69) is 31.2 Å². The molecule has 3 heteroatoms. The highest BCUT2D eigenvalue weighted by atomic mass is 19.3. The fourth-order valence-corrected chi connectivity index (χ4v) is 4.04. The lowest BCUT2D eigenvalue weighted by Crippen LogP contribution is -2.11. The standard InChI is InChI=1S/C23H26F2O/c1-3-5-16-7-9-17(10-8-16)19-13-14-21-20(15-19)12-11-18(6-4-2)22(21)26-23(24)25/h3-6,11-17,23H,7-10H2,1-2H3/b5-3+,6-4+. The van der Waals surface area contributed by atoms with Crippen LogP contribution in [-0.2, 0) is 0 Å². The number of halogens is 2. The van der Waals surface area contributed by atoms with Crippen molar-refractivity contribution in [2.24, 2.45) is 5.92 Å². The van der Waals surface area contributed by atoms with Crippen LogP contribution < -0.4 is 4.74 Å². The van der Waals surface area contributed by atoms with E-state index in [1.807, 2.05) is 31.2 Å². The summed E-state index contributed by atoms with van der Waals surface area (Å²) in [6.45, 7) is 1.12. The molecule has 0 N–H and O–H groups in total. The van der Waals surface area contributed by atoms with E-state index in [4.69, 9.17) is 4.74 Å². The molecule has 1 saturated carbocycles. The minimum absolute atomic E-state index is 0.263. The summed E-state index contributed by atoms with van der Waals surface area (Å²) < 4.78 is 30.6. The Morgan fingerprint density at radius 2 is 1.77 bits per heavy atom. The van der Waals surface area contributed by atoms with Crippen LogP contribution in [0.3, 0.4) is 0 Å². The molecule has 26 heavy (non-hydrogen) atoms. The van der Waals surface area contributed by atoms with Gasteiger partial charge in [-0.25, -0.2) is 0 Å². The van der Waals surface area contributed by atoms with Crippen LogP contribution in [0.5, 0.6) is 5.75 Å². The maximum atomic E-state index is 12.9. The summed E-state index contributed by atoms with van der Waals surface area (Å²) in [6.07, 6.45) is 12.9. The summed E-state index contributed by atoms with van der Waals surface area (Å²) in [5, 5.41) is 1.70. The Morgan fingerprint density at radius 3 is 2.42 bits per heavy atom. The average Bonchev–Trinajstić information content (AvgIpc) is 2.64. The van der Waals surface area contributed by atoms with Crippen LogP contribution in [0.15, 0.2) is 48.6 Å². The smallest absolute Gasteiger partial charge is 0.387 e. The average molecular weight is 356 g/mol. The molecule has 0 radical (unpaired) electrons. The second kappa shape index (κ2) is 8.48. The predicted molar refractivity (Wildman–Crippen MR) is 105 cm³/mol. The predicted octanol–water partition coefficient (Wildman–Crippen LogP) is 7.32. The second-order valence-corrected chi connectivity index (χ2v) is 6.98. The Bertz CT molecular complexity index is 799. The van der Waals surface area contributed by atoms with Gasteiger partial charge < -0.3 is 4.74 Å². The molecule has 0 saturated heterocycles. The first-order valence-corrected chi connectivity index (χ1v) is 9.39. The van der Waals surface area contributed by atoms with Gasteiger partial charge in [-0.2, -0.15) is 8.78 Å². The Hall–Kier alpha value is -2.16. The van der Waals surface area contributed by atoms with Gasteiger partial charge in [0.2, 0.25) is 0 Å². The molecular weight excluding hydrogens is 330 g/mol. The van der Waals surface area contributed by atoms with Crippen molar-refractivity contribution in [3.8, 4) is 5.75 Å². The van der Waals surface area contributed by atoms with Crippen LogP contribution in [0.1, 0.15) is 56.6 Å². The normalized spacial score (nSPS) is 21.3. The third-order valence-corrected chi connectivity index (χ3v) is 5.29. The molecule has 0 unspecified atom stereocenters. The first kappa shape index (κ1) is 18.6. The van der Waals surface area contributed by atoms with E-state index in [1.54, 1.807) is 6.08 Å². The van der Waals surface area contributed by atoms with Crippen LogP contribution in [0.2, 0.25) is 0 Å². The largest absolute Gasteiger partial charge is 0.434 e. The van der Waals surface area contributed by atoms with E-state index in [1.165, 1.54) is 31.2 Å². The van der Waals surface area contributed by atoms with Gasteiger partial charge >= 0.3 is 6.61 Å². The highest BCUT2D eigenvalue weighted by Crippen LogP contribution is 2.39. The molecule has 0 amide bonds. The molecule has 1 fully saturated rings. The fourth-order valence-electron chi connectivity index (χ4n) is 4.04. The van der Waals surface area contributed by atoms with Gasteiger partial charge in [0, 0.05) is 10.9 Å². The molecule has 1 aliphatic carbocycles. The van der Waals surface area contributed by atoms with Crippen molar-refractivity contribution in [1.29, 1.82) is 0 Å². The van der Waals surface area contributed by atoms with Crippen molar-refractivity contribution in [3.63, 3.8) is 0 Å². The molecule has 3 rings (SSSR count). The van der Waals surface area contributed by atoms with Gasteiger partial charge in [0.15, 0.2) is 0 Å². The third kappa shape index (κ3) is 4.14. The molecule has 0 aliphatic heterocycles. The van der Waals surface area contributed by atoms with Crippen LogP contribution in [0, 0.1) is 5.92 Å². The molecular formula is C23H26F2O. The monoisotopic (exact) mass is 356 g/mol. The zero-order chi connectivity index (χ0) is 18.5. The molecule has 138 valence electrons. The molecule has 1 nitrogen and oxygen atoms in total. The van der Waals surface area contributed by atoms with Crippen molar-refractivity contribution in [1.82, 2.24) is 0 Å². The lowest BCUT2D eigenvalue weighted by molar-refractivity contribution is -0.0489. The minimum atomic E-state index is -2.83. The van der Waals surface area contributed by atoms with Crippen molar-refractivity contribution in [3.05, 3.63) is 59.7 Å². The van der Waals surface area contributed by atoms with Gasteiger partial charge in [-0.15, -0.1) is 0 Å². The van der Waals surface area contributed by atoms with E-state index >= 15 is 0 Å². The number of hydrogen-bond acceptors (Lipinski definition) is 1. The van der Waals surface area contributed by atoms with E-state index < -0.39 is 6.61 Å². The van der Waals surface area contributed by atoms with E-state index in [0.29, 0.717) is 17.4 Å². The topological polar surface area (TPSA) is 9.23 Å². The van der Waals surface area contributed by atoms with Gasteiger partial charge in [-0.1, -0.05) is 54.6 Å². The Balaban J connectivity index is 1.91. The molecule has 2 aromatic rings. The highest BCUT2D eigenvalue weighted by molar-refractivity contribution is 5.92. The molecule has 2 aromatic carbocycles. The maximum Gasteiger partial charge on any atom is 0.387 e. The summed E-state index contributed by atoms with van der Waals surface area (Å²) >= 11 is 0. The summed E-state index contributed by atoms with van der Waals surface area (Å²) in [5.74, 6) is 1.51. The lowest BCUT2D eigenvalue weighted by atomic mass is 9.78. The zero-order valence-electron chi connectivity index (χ0n) is 15.4. The highest BCUT2D eigenvalue weighted by Gasteiger charge is 2.21. The van der Waals surface area contributed by atoms with Crippen LogP contribution in [-0.4, -0.2) is 6.61 Å². The van der Waals surface area contributed by atoms with E-state index in [9.17, 15) is 8.78 Å². The number of fused-ring (bicyclic) bond motifs is 1. The molecule has 0 heterocycles. The van der Waals surface area contributed by atoms with Crippen molar-refractivity contribution in [2.45, 2.75) is 52.1 Å². The number of benzene rings is 2. The third-order valence-electron chi connectivity index (χ3n) is 5.29. The first-order valence-electron chi connectivity index (χ1n) is 9.39. The SMILES string of the molecule is C/C=C/c1ccc2cc(C3CCC(/C=C/C)CC3)ccc2c1OC(F)F. The lowest BCUT2D eigenvalue weighted by Gasteiger charge is -2.27. The zero-order valence-corrected chi connectivity index (χ0v) is 15.4. The Morgan fingerprint density at radius 1 is 1.00 bits per heavy atom. The summed E-state index contributed by atoms with van der Waals surface area (Å²) in [7, 11) is 0. The second-order valence-electron chi connectivity index (χ2n) is 6.98. The van der Waals surface area contributed by atoms with Crippen LogP contribution in [0.25, 0.3) is 16.8 Å². The van der Waals surface area contributed by atoms with E-state index in [0.717, 1.165) is 10.8 Å². The van der Waals surface area contributed by atoms with Crippen molar-refractivity contribution in [2.75, 3.05) is 0 Å². The first-order chi connectivity index (χ1) is 12.6. The number of rotatable bonds is 5. The van der Waals surface area contributed by atoms with Gasteiger partial charge in [0.25, 0.3) is 0 Å². The van der Waals surface area contributed by atoms with Gasteiger partial charge in [0.05, 0.1) is 0 Å². The van der Waals surface area contributed by atoms with Crippen LogP contribution >= 0.6 is 0 Å². The van der Waals surface area contributed by atoms with Crippen molar-refractivity contribution >= 4 is 16.8 Å². The number of ether oxygens (including phenoxy) is 1. The summed E-state index contributed by atoms with van der Waals surface area (Å²) in [6, 6.07) is 10.0. The Labute approximate surface area is 154 Å². The number of alkyl halides is 2. The summed E-state index contributed by atoms with van der Waals surface area (Å²) in [4.78, 5) is 0. The maximum absolute atomic E-state index is 12.9. The van der Waals surface area contributed by atoms with Gasteiger partial charge in [-0.05, 0) is 62.3 Å². The molecule has 0 spiro atoms. The summed E-state index contributed by atoms with van der Waals surface area (Å²) in [5.41, 5.74) is 1.98. The van der Waals surface area contributed by atoms with Crippen LogP contribution in [0.4, 0.5) is 8.78 Å². The number of hydrogen-bond donors (Lipinski definition) is 0. The Kier molecular flexibility index (Phi) is 6.08.